The Morgan fingerprint density at radius 1 is 1.60 bits per heavy atom. The van der Waals surface area contributed by atoms with Gasteiger partial charge in [0, 0.05) is 6.20 Å². The molecule has 2 heterocycles. The van der Waals surface area contributed by atoms with Crippen LogP contribution in [0.25, 0.3) is 0 Å². The molecule has 110 valence electrons. The highest BCUT2D eigenvalue weighted by atomic mass is 16.2. The maximum absolute atomic E-state index is 12.5. The van der Waals surface area contributed by atoms with Gasteiger partial charge in [-0.3, -0.25) is 14.3 Å². The predicted molar refractivity (Wildman–Crippen MR) is 74.9 cm³/mol. The van der Waals surface area contributed by atoms with Gasteiger partial charge in [-0.05, 0) is 25.8 Å². The number of nitrogens with two attached hydrogens (primary N) is 1. The van der Waals surface area contributed by atoms with Gasteiger partial charge in [0.2, 0.25) is 11.8 Å². The van der Waals surface area contributed by atoms with Gasteiger partial charge in [0.25, 0.3) is 0 Å². The molecule has 0 saturated carbocycles. The number of rotatable bonds is 6. The Morgan fingerprint density at radius 3 is 3.00 bits per heavy atom. The third-order valence-corrected chi connectivity index (χ3v) is 3.56. The van der Waals surface area contributed by atoms with E-state index in [4.69, 9.17) is 5.73 Å². The first-order valence-corrected chi connectivity index (χ1v) is 6.93. The van der Waals surface area contributed by atoms with Crippen LogP contribution in [0.2, 0.25) is 0 Å². The molecule has 1 aliphatic heterocycles. The van der Waals surface area contributed by atoms with Crippen molar-refractivity contribution in [2.75, 3.05) is 11.9 Å². The van der Waals surface area contributed by atoms with Crippen molar-refractivity contribution in [2.24, 2.45) is 5.73 Å². The van der Waals surface area contributed by atoms with Crippen LogP contribution in [0.5, 0.6) is 0 Å². The number of anilines is 1. The van der Waals surface area contributed by atoms with E-state index in [-0.39, 0.29) is 12.5 Å². The van der Waals surface area contributed by atoms with Crippen molar-refractivity contribution in [2.45, 2.75) is 44.7 Å². The van der Waals surface area contributed by atoms with Gasteiger partial charge in [-0.2, -0.15) is 5.10 Å². The Labute approximate surface area is 117 Å². The molecule has 1 aromatic rings. The third-order valence-electron chi connectivity index (χ3n) is 3.56. The molecule has 2 amide bonds. The van der Waals surface area contributed by atoms with E-state index in [1.165, 1.54) is 10.9 Å². The Kier molecular flexibility index (Phi) is 4.39. The second kappa shape index (κ2) is 6.04. The molecular weight excluding hydrogens is 258 g/mol. The highest BCUT2D eigenvalue weighted by Crippen LogP contribution is 2.26. The van der Waals surface area contributed by atoms with Crippen LogP contribution in [0, 0.1) is 0 Å². The number of carbonyl (C=O) groups excluding carboxylic acids is 2. The molecule has 4 N–H and O–H groups in total. The molecule has 1 aromatic heterocycles. The molecule has 1 atom stereocenters. The topological polar surface area (TPSA) is 102 Å². The fourth-order valence-corrected chi connectivity index (χ4v) is 2.68. The first kappa shape index (κ1) is 14.5. The van der Waals surface area contributed by atoms with E-state index in [0.29, 0.717) is 5.69 Å². The van der Waals surface area contributed by atoms with Gasteiger partial charge in [0.05, 0.1) is 17.4 Å². The van der Waals surface area contributed by atoms with E-state index in [1.807, 2.05) is 0 Å². The molecule has 1 aliphatic rings. The van der Waals surface area contributed by atoms with Crippen LogP contribution in [0.4, 0.5) is 5.69 Å². The van der Waals surface area contributed by atoms with Crippen LogP contribution in [0.3, 0.4) is 0 Å². The molecule has 0 aliphatic carbocycles. The van der Waals surface area contributed by atoms with Gasteiger partial charge < -0.3 is 16.4 Å². The molecule has 1 fully saturated rings. The number of hydrogen-bond acceptors (Lipinski definition) is 4. The number of amides is 2. The number of aromatic nitrogens is 2. The minimum atomic E-state index is -0.472. The number of primary amides is 1. The highest BCUT2D eigenvalue weighted by Gasteiger charge is 2.39. The second-order valence-electron chi connectivity index (χ2n) is 5.21. The molecule has 1 saturated heterocycles. The summed E-state index contributed by atoms with van der Waals surface area (Å²) in [5, 5.41) is 10.2. The van der Waals surface area contributed by atoms with E-state index in [1.54, 1.807) is 6.20 Å². The van der Waals surface area contributed by atoms with Crippen molar-refractivity contribution < 1.29 is 9.59 Å². The average Bonchev–Trinajstić information content (AvgIpc) is 2.99. The quantitative estimate of drug-likeness (QED) is 0.693. The summed E-state index contributed by atoms with van der Waals surface area (Å²) >= 11 is 0. The van der Waals surface area contributed by atoms with Crippen molar-refractivity contribution in [3.63, 3.8) is 0 Å². The molecular formula is C13H21N5O2. The zero-order valence-electron chi connectivity index (χ0n) is 11.7. The van der Waals surface area contributed by atoms with E-state index < -0.39 is 11.4 Å². The molecule has 1 unspecified atom stereocenters. The smallest absolute Gasteiger partial charge is 0.244 e. The monoisotopic (exact) mass is 279 g/mol. The minimum Gasteiger partial charge on any atom is -0.368 e. The maximum atomic E-state index is 12.5. The Bertz CT molecular complexity index is 491. The van der Waals surface area contributed by atoms with Crippen molar-refractivity contribution >= 4 is 17.5 Å². The lowest BCUT2D eigenvalue weighted by molar-refractivity contribution is -0.122. The van der Waals surface area contributed by atoms with E-state index in [0.717, 1.165) is 32.2 Å². The molecule has 7 nitrogen and oxygen atoms in total. The van der Waals surface area contributed by atoms with Crippen molar-refractivity contribution in [1.29, 1.82) is 0 Å². The number of nitrogens with one attached hydrogen (secondary N) is 2. The van der Waals surface area contributed by atoms with Crippen LogP contribution in [0.1, 0.15) is 32.6 Å². The number of carbonyl (C=O) groups is 2. The van der Waals surface area contributed by atoms with E-state index in [9.17, 15) is 9.59 Å². The zero-order valence-corrected chi connectivity index (χ0v) is 11.7. The van der Waals surface area contributed by atoms with Gasteiger partial charge >= 0.3 is 0 Å². The summed E-state index contributed by atoms with van der Waals surface area (Å²) < 4.78 is 1.41. The molecule has 0 bridgehead atoms. The average molecular weight is 279 g/mol. The zero-order chi connectivity index (χ0) is 14.6. The van der Waals surface area contributed by atoms with E-state index in [2.05, 4.69) is 22.7 Å². The molecule has 20 heavy (non-hydrogen) atoms. The number of hydrogen-bond donors (Lipinski definition) is 3. The summed E-state index contributed by atoms with van der Waals surface area (Å²) in [5.74, 6) is -0.499. The van der Waals surface area contributed by atoms with Crippen molar-refractivity contribution in [1.82, 2.24) is 15.1 Å². The van der Waals surface area contributed by atoms with Gasteiger partial charge in [0.15, 0.2) is 0 Å². The predicted octanol–water partition coefficient (Wildman–Crippen LogP) is 0.229. The number of nitrogens with zero attached hydrogens (tertiary/aromatic N) is 2. The third kappa shape index (κ3) is 3.16. The van der Waals surface area contributed by atoms with Crippen LogP contribution < -0.4 is 16.4 Å². The summed E-state index contributed by atoms with van der Waals surface area (Å²) in [5.41, 5.74) is 5.21. The fourth-order valence-electron chi connectivity index (χ4n) is 2.68. The fraction of sp³-hybridized carbons (Fsp3) is 0.615. The minimum absolute atomic E-state index is 0.00816. The molecule has 2 rings (SSSR count). The summed E-state index contributed by atoms with van der Waals surface area (Å²) in [4.78, 5) is 23.3. The standard InChI is InChI=1S/C13H21N5O2/c1-2-4-13(5-3-6-15-13)12(20)17-10-7-16-18(8-10)9-11(14)19/h7-8,15H,2-6,9H2,1H3,(H2,14,19)(H,17,20). The lowest BCUT2D eigenvalue weighted by Gasteiger charge is -2.27. The van der Waals surface area contributed by atoms with Crippen LogP contribution in [-0.4, -0.2) is 33.7 Å². The first-order chi connectivity index (χ1) is 9.55. The SMILES string of the molecule is CCCC1(C(=O)Nc2cnn(CC(N)=O)c2)CCCN1. The first-order valence-electron chi connectivity index (χ1n) is 6.93. The second-order valence-corrected chi connectivity index (χ2v) is 5.21. The molecule has 0 radical (unpaired) electrons. The molecule has 7 heteroatoms. The van der Waals surface area contributed by atoms with Gasteiger partial charge in [-0.15, -0.1) is 0 Å². The van der Waals surface area contributed by atoms with Crippen LogP contribution >= 0.6 is 0 Å². The maximum Gasteiger partial charge on any atom is 0.244 e. The van der Waals surface area contributed by atoms with Gasteiger partial charge in [0.1, 0.15) is 6.54 Å². The van der Waals surface area contributed by atoms with E-state index >= 15 is 0 Å². The lowest BCUT2D eigenvalue weighted by atomic mass is 9.91. The summed E-state index contributed by atoms with van der Waals surface area (Å²) in [6.07, 6.45) is 6.75. The van der Waals surface area contributed by atoms with Crippen molar-refractivity contribution in [3.8, 4) is 0 Å². The molecule has 0 aromatic carbocycles. The summed E-state index contributed by atoms with van der Waals surface area (Å²) in [6.45, 7) is 2.95. The Hall–Kier alpha value is -1.89. The summed E-state index contributed by atoms with van der Waals surface area (Å²) in [7, 11) is 0. The Morgan fingerprint density at radius 2 is 2.40 bits per heavy atom. The molecule has 0 spiro atoms. The highest BCUT2D eigenvalue weighted by molar-refractivity contribution is 5.98. The largest absolute Gasteiger partial charge is 0.368 e. The lowest BCUT2D eigenvalue weighted by Crippen LogP contribution is -2.50. The van der Waals surface area contributed by atoms with Gasteiger partial charge in [-0.1, -0.05) is 13.3 Å². The van der Waals surface area contributed by atoms with Crippen LogP contribution in [0.15, 0.2) is 12.4 Å². The van der Waals surface area contributed by atoms with Crippen molar-refractivity contribution in [3.05, 3.63) is 12.4 Å². The summed E-state index contributed by atoms with van der Waals surface area (Å²) in [6, 6.07) is 0. The Balaban J connectivity index is 2.02. The van der Waals surface area contributed by atoms with Crippen LogP contribution in [-0.2, 0) is 16.1 Å². The van der Waals surface area contributed by atoms with Gasteiger partial charge in [-0.25, -0.2) is 0 Å². The normalized spacial score (nSPS) is 21.9.